The minimum absolute atomic E-state index is 0.176. The summed E-state index contributed by atoms with van der Waals surface area (Å²) in [6, 6.07) is 2.16. The molecule has 0 unspecified atom stereocenters. The molecule has 2 heterocycles. The molecule has 0 aromatic carbocycles. The van der Waals surface area contributed by atoms with Crippen molar-refractivity contribution in [3.05, 3.63) is 12.3 Å². The van der Waals surface area contributed by atoms with E-state index in [-0.39, 0.29) is 5.91 Å². The summed E-state index contributed by atoms with van der Waals surface area (Å²) in [6.07, 6.45) is 4.23. The smallest absolute Gasteiger partial charge is 0.224 e. The van der Waals surface area contributed by atoms with Gasteiger partial charge in [-0.2, -0.15) is 5.10 Å². The van der Waals surface area contributed by atoms with Gasteiger partial charge in [0.15, 0.2) is 0 Å². The number of piperidine rings is 1. The number of nitrogens with two attached hydrogens (primary N) is 1. The van der Waals surface area contributed by atoms with Crippen molar-refractivity contribution in [2.24, 2.45) is 0 Å². The number of likely N-dealkylation sites (tertiary alicyclic amines) is 1. The minimum atomic E-state index is 0.176. The topological polar surface area (TPSA) is 73.4 Å². The first kappa shape index (κ1) is 12.9. The molecular formula is C12H20N4O2. The van der Waals surface area contributed by atoms with Crippen LogP contribution in [0.3, 0.4) is 0 Å². The van der Waals surface area contributed by atoms with Gasteiger partial charge in [-0.15, -0.1) is 0 Å². The van der Waals surface area contributed by atoms with E-state index in [1.54, 1.807) is 13.2 Å². The molecule has 1 fully saturated rings. The zero-order chi connectivity index (χ0) is 13.0. The normalized spacial score (nSPS) is 17.1. The molecule has 0 aliphatic carbocycles. The summed E-state index contributed by atoms with van der Waals surface area (Å²) in [5.74, 6) is 0.726. The second kappa shape index (κ2) is 5.86. The number of ether oxygens (including phenoxy) is 1. The number of amides is 1. The van der Waals surface area contributed by atoms with Crippen molar-refractivity contribution in [3.8, 4) is 0 Å². The summed E-state index contributed by atoms with van der Waals surface area (Å²) in [6.45, 7) is 2.06. The molecule has 1 saturated heterocycles. The fraction of sp³-hybridized carbons (Fsp3) is 0.667. The Morgan fingerprint density at radius 2 is 2.28 bits per heavy atom. The molecule has 6 nitrogen and oxygen atoms in total. The van der Waals surface area contributed by atoms with Crippen molar-refractivity contribution >= 4 is 11.7 Å². The van der Waals surface area contributed by atoms with E-state index in [4.69, 9.17) is 10.5 Å². The van der Waals surface area contributed by atoms with Crippen LogP contribution in [-0.2, 0) is 9.53 Å². The number of nitrogen functional groups attached to an aromatic ring is 1. The molecule has 6 heteroatoms. The van der Waals surface area contributed by atoms with Gasteiger partial charge in [-0.3, -0.25) is 9.48 Å². The lowest BCUT2D eigenvalue weighted by molar-refractivity contribution is -0.133. The summed E-state index contributed by atoms with van der Waals surface area (Å²) in [5, 5.41) is 4.22. The molecule has 0 bridgehead atoms. The van der Waals surface area contributed by atoms with Crippen LogP contribution in [-0.4, -0.2) is 47.4 Å². The third-order valence-electron chi connectivity index (χ3n) is 3.34. The van der Waals surface area contributed by atoms with E-state index < -0.39 is 0 Å². The zero-order valence-electron chi connectivity index (χ0n) is 10.7. The number of carbonyl (C=O) groups is 1. The van der Waals surface area contributed by atoms with E-state index in [1.165, 1.54) is 0 Å². The molecule has 0 saturated carbocycles. The third-order valence-corrected chi connectivity index (χ3v) is 3.34. The van der Waals surface area contributed by atoms with Crippen LogP contribution in [0.5, 0.6) is 0 Å². The van der Waals surface area contributed by atoms with Crippen molar-refractivity contribution in [1.82, 2.24) is 14.7 Å². The number of methoxy groups -OCH3 is 1. The molecule has 2 rings (SSSR count). The maximum atomic E-state index is 11.8. The van der Waals surface area contributed by atoms with Crippen molar-refractivity contribution in [3.63, 3.8) is 0 Å². The number of carbonyl (C=O) groups excluding carboxylic acids is 1. The molecule has 1 aliphatic heterocycles. The number of hydrogen-bond donors (Lipinski definition) is 1. The van der Waals surface area contributed by atoms with Gasteiger partial charge in [0, 0.05) is 26.4 Å². The van der Waals surface area contributed by atoms with Gasteiger partial charge in [0.25, 0.3) is 0 Å². The van der Waals surface area contributed by atoms with Gasteiger partial charge >= 0.3 is 0 Å². The number of hydrogen-bond acceptors (Lipinski definition) is 4. The Labute approximate surface area is 107 Å². The highest BCUT2D eigenvalue weighted by atomic mass is 16.5. The second-order valence-corrected chi connectivity index (χ2v) is 4.58. The Bertz CT molecular complexity index is 397. The van der Waals surface area contributed by atoms with Gasteiger partial charge in [0.1, 0.15) is 5.82 Å². The highest BCUT2D eigenvalue weighted by molar-refractivity contribution is 5.76. The van der Waals surface area contributed by atoms with Crippen LogP contribution in [0.15, 0.2) is 12.3 Å². The first-order chi connectivity index (χ1) is 8.70. The lowest BCUT2D eigenvalue weighted by Crippen LogP contribution is -2.39. The van der Waals surface area contributed by atoms with Gasteiger partial charge in [-0.25, -0.2) is 0 Å². The van der Waals surface area contributed by atoms with Crippen LogP contribution >= 0.6 is 0 Å². The van der Waals surface area contributed by atoms with Crippen LogP contribution in [0.1, 0.15) is 25.3 Å². The van der Waals surface area contributed by atoms with Crippen molar-refractivity contribution < 1.29 is 9.53 Å². The number of rotatable bonds is 4. The van der Waals surface area contributed by atoms with Crippen molar-refractivity contribution in [2.75, 3.05) is 32.5 Å². The van der Waals surface area contributed by atoms with Crippen LogP contribution in [0.25, 0.3) is 0 Å². The second-order valence-electron chi connectivity index (χ2n) is 4.58. The zero-order valence-corrected chi connectivity index (χ0v) is 10.7. The summed E-state index contributed by atoms with van der Waals surface area (Å²) in [4.78, 5) is 13.7. The van der Waals surface area contributed by atoms with E-state index >= 15 is 0 Å². The summed E-state index contributed by atoms with van der Waals surface area (Å²) in [5.41, 5.74) is 5.61. The fourth-order valence-electron chi connectivity index (χ4n) is 2.28. The fourth-order valence-corrected chi connectivity index (χ4v) is 2.28. The van der Waals surface area contributed by atoms with Gasteiger partial charge in [-0.1, -0.05) is 0 Å². The van der Waals surface area contributed by atoms with Crippen LogP contribution < -0.4 is 5.73 Å². The van der Waals surface area contributed by atoms with Crippen LogP contribution in [0, 0.1) is 0 Å². The molecule has 1 aromatic rings. The number of anilines is 1. The van der Waals surface area contributed by atoms with Crippen molar-refractivity contribution in [2.45, 2.75) is 25.3 Å². The molecule has 1 aliphatic rings. The van der Waals surface area contributed by atoms with E-state index in [0.717, 1.165) is 25.9 Å². The Morgan fingerprint density at radius 1 is 1.56 bits per heavy atom. The van der Waals surface area contributed by atoms with E-state index in [0.29, 0.717) is 24.9 Å². The molecule has 100 valence electrons. The molecule has 18 heavy (non-hydrogen) atoms. The first-order valence-electron chi connectivity index (χ1n) is 6.28. The lowest BCUT2D eigenvalue weighted by atomic mass is 10.1. The Balaban J connectivity index is 1.82. The average Bonchev–Trinajstić information content (AvgIpc) is 2.83. The lowest BCUT2D eigenvalue weighted by Gasteiger charge is -2.32. The number of aromatic nitrogens is 2. The third kappa shape index (κ3) is 3.01. The molecule has 0 radical (unpaired) electrons. The first-order valence-corrected chi connectivity index (χ1v) is 6.28. The highest BCUT2D eigenvalue weighted by Crippen LogP contribution is 2.22. The summed E-state index contributed by atoms with van der Waals surface area (Å²) in [7, 11) is 1.61. The minimum Gasteiger partial charge on any atom is -0.384 e. The monoisotopic (exact) mass is 252 g/mol. The van der Waals surface area contributed by atoms with Crippen molar-refractivity contribution in [1.29, 1.82) is 0 Å². The molecular weight excluding hydrogens is 232 g/mol. The quantitative estimate of drug-likeness (QED) is 0.854. The van der Waals surface area contributed by atoms with Crippen LogP contribution in [0.4, 0.5) is 5.82 Å². The molecule has 1 amide bonds. The van der Waals surface area contributed by atoms with Gasteiger partial charge in [-0.05, 0) is 18.9 Å². The average molecular weight is 252 g/mol. The summed E-state index contributed by atoms with van der Waals surface area (Å²) >= 11 is 0. The van der Waals surface area contributed by atoms with Gasteiger partial charge < -0.3 is 15.4 Å². The number of nitrogens with zero attached hydrogens (tertiary/aromatic N) is 3. The summed E-state index contributed by atoms with van der Waals surface area (Å²) < 4.78 is 6.83. The standard InChI is InChI=1S/C12H20N4O2/c1-18-9-5-12(17)15-6-2-10(3-7-15)16-8-4-11(13)14-16/h4,8,10H,2-3,5-7,9H2,1H3,(H2,13,14). The maximum absolute atomic E-state index is 11.8. The predicted molar refractivity (Wildman–Crippen MR) is 68.0 cm³/mol. The SMILES string of the molecule is COCCC(=O)N1CCC(n2ccc(N)n2)CC1. The predicted octanol–water partition coefficient (Wildman–Crippen LogP) is 0.665. The van der Waals surface area contributed by atoms with Crippen LogP contribution in [0.2, 0.25) is 0 Å². The highest BCUT2D eigenvalue weighted by Gasteiger charge is 2.23. The Kier molecular flexibility index (Phi) is 4.19. The molecule has 0 atom stereocenters. The van der Waals surface area contributed by atoms with Gasteiger partial charge in [0.05, 0.1) is 19.1 Å². The van der Waals surface area contributed by atoms with Gasteiger partial charge in [0.2, 0.25) is 5.91 Å². The molecule has 0 spiro atoms. The molecule has 2 N–H and O–H groups in total. The van der Waals surface area contributed by atoms with E-state index in [1.807, 2.05) is 15.8 Å². The molecule has 1 aromatic heterocycles. The maximum Gasteiger partial charge on any atom is 0.224 e. The van der Waals surface area contributed by atoms with E-state index in [9.17, 15) is 4.79 Å². The van der Waals surface area contributed by atoms with E-state index in [2.05, 4.69) is 5.10 Å². The Hall–Kier alpha value is -1.56. The largest absolute Gasteiger partial charge is 0.384 e. The Morgan fingerprint density at radius 3 is 2.83 bits per heavy atom.